The topological polar surface area (TPSA) is 34.1 Å². The van der Waals surface area contributed by atoms with Gasteiger partial charge >= 0.3 is 0 Å². The van der Waals surface area contributed by atoms with Crippen LogP contribution in [0.4, 0.5) is 0 Å². The molecule has 17 heavy (non-hydrogen) atoms. The van der Waals surface area contributed by atoms with Crippen molar-refractivity contribution in [2.45, 2.75) is 40.3 Å². The van der Waals surface area contributed by atoms with Crippen molar-refractivity contribution in [3.8, 4) is 5.75 Å². The van der Waals surface area contributed by atoms with E-state index in [1.807, 2.05) is 38.3 Å². The zero-order valence-corrected chi connectivity index (χ0v) is 11.2. The molecule has 0 aliphatic rings. The number of allylic oxidation sites excluding steroid dienone is 1. The summed E-state index contributed by atoms with van der Waals surface area (Å²) in [6.45, 7) is 9.61. The molecular formula is C14H22N2O. The van der Waals surface area contributed by atoms with Crippen molar-refractivity contribution in [2.24, 2.45) is 0 Å². The fraction of sp³-hybridized carbons (Fsp3) is 0.500. The molecule has 0 amide bonds. The first-order valence-electron chi connectivity index (χ1n) is 6.06. The number of aromatic nitrogens is 1. The minimum atomic E-state index is 0.458. The van der Waals surface area contributed by atoms with Crippen molar-refractivity contribution in [2.75, 3.05) is 6.61 Å². The summed E-state index contributed by atoms with van der Waals surface area (Å²) in [6, 6.07) is 2.44. The smallest absolute Gasteiger partial charge is 0.127 e. The van der Waals surface area contributed by atoms with E-state index in [2.05, 4.69) is 24.1 Å². The molecule has 0 fully saturated rings. The molecule has 0 bridgehead atoms. The van der Waals surface area contributed by atoms with Crippen molar-refractivity contribution < 1.29 is 4.74 Å². The predicted octanol–water partition coefficient (Wildman–Crippen LogP) is 2.84. The SMILES string of the molecule is C/C=C/COc1cc(C)ncc1CNC(C)C. The summed E-state index contributed by atoms with van der Waals surface area (Å²) in [5, 5.41) is 3.37. The quantitative estimate of drug-likeness (QED) is 0.769. The Balaban J connectivity index is 2.72. The summed E-state index contributed by atoms with van der Waals surface area (Å²) >= 11 is 0. The molecule has 3 nitrogen and oxygen atoms in total. The van der Waals surface area contributed by atoms with E-state index in [4.69, 9.17) is 4.74 Å². The summed E-state index contributed by atoms with van der Waals surface area (Å²) in [5.41, 5.74) is 2.09. The monoisotopic (exact) mass is 234 g/mol. The maximum Gasteiger partial charge on any atom is 0.127 e. The zero-order chi connectivity index (χ0) is 12.7. The maximum atomic E-state index is 5.72. The van der Waals surface area contributed by atoms with Gasteiger partial charge in [0.15, 0.2) is 0 Å². The van der Waals surface area contributed by atoms with Crippen molar-refractivity contribution in [1.29, 1.82) is 0 Å². The second kappa shape index (κ2) is 7.07. The molecule has 1 N–H and O–H groups in total. The Labute approximate surface area is 104 Å². The van der Waals surface area contributed by atoms with Crippen LogP contribution in [0.5, 0.6) is 5.75 Å². The molecule has 0 radical (unpaired) electrons. The summed E-state index contributed by atoms with van der Waals surface area (Å²) in [7, 11) is 0. The third-order valence-corrected chi connectivity index (χ3v) is 2.35. The average molecular weight is 234 g/mol. The number of nitrogens with zero attached hydrogens (tertiary/aromatic N) is 1. The van der Waals surface area contributed by atoms with Crippen LogP contribution in [0.15, 0.2) is 24.4 Å². The highest BCUT2D eigenvalue weighted by Gasteiger charge is 2.05. The molecule has 0 aromatic carbocycles. The van der Waals surface area contributed by atoms with Gasteiger partial charge in [-0.15, -0.1) is 0 Å². The van der Waals surface area contributed by atoms with Gasteiger partial charge in [0.2, 0.25) is 0 Å². The summed E-state index contributed by atoms with van der Waals surface area (Å²) in [4.78, 5) is 4.31. The molecule has 0 atom stereocenters. The van der Waals surface area contributed by atoms with Crippen LogP contribution in [-0.4, -0.2) is 17.6 Å². The number of rotatable bonds is 6. The van der Waals surface area contributed by atoms with Crippen LogP contribution in [0.25, 0.3) is 0 Å². The van der Waals surface area contributed by atoms with Crippen LogP contribution >= 0.6 is 0 Å². The average Bonchev–Trinajstić information content (AvgIpc) is 2.28. The van der Waals surface area contributed by atoms with Gasteiger partial charge in [0.05, 0.1) is 0 Å². The first-order chi connectivity index (χ1) is 8.13. The van der Waals surface area contributed by atoms with Gasteiger partial charge in [-0.2, -0.15) is 0 Å². The van der Waals surface area contributed by atoms with E-state index in [0.717, 1.165) is 23.6 Å². The lowest BCUT2D eigenvalue weighted by Crippen LogP contribution is -2.22. The molecule has 3 heteroatoms. The van der Waals surface area contributed by atoms with Gasteiger partial charge in [0, 0.05) is 36.1 Å². The second-order valence-corrected chi connectivity index (χ2v) is 4.35. The van der Waals surface area contributed by atoms with E-state index in [1.165, 1.54) is 0 Å². The summed E-state index contributed by atoms with van der Waals surface area (Å²) in [5.74, 6) is 0.920. The van der Waals surface area contributed by atoms with Crippen molar-refractivity contribution in [1.82, 2.24) is 10.3 Å². The van der Waals surface area contributed by atoms with Gasteiger partial charge < -0.3 is 10.1 Å². The highest BCUT2D eigenvalue weighted by molar-refractivity contribution is 5.33. The third-order valence-electron chi connectivity index (χ3n) is 2.35. The van der Waals surface area contributed by atoms with E-state index in [0.29, 0.717) is 12.6 Å². The molecular weight excluding hydrogens is 212 g/mol. The number of hydrogen-bond donors (Lipinski definition) is 1. The Morgan fingerprint density at radius 2 is 2.24 bits per heavy atom. The van der Waals surface area contributed by atoms with E-state index < -0.39 is 0 Å². The molecule has 0 saturated carbocycles. The summed E-state index contributed by atoms with van der Waals surface area (Å²) in [6.07, 6.45) is 5.87. The van der Waals surface area contributed by atoms with Gasteiger partial charge in [0.1, 0.15) is 12.4 Å². The van der Waals surface area contributed by atoms with E-state index in [1.54, 1.807) is 0 Å². The lowest BCUT2D eigenvalue weighted by Gasteiger charge is -2.13. The van der Waals surface area contributed by atoms with E-state index >= 15 is 0 Å². The van der Waals surface area contributed by atoms with Crippen molar-refractivity contribution in [3.05, 3.63) is 35.7 Å². The molecule has 0 aliphatic heterocycles. The Kier molecular flexibility index (Phi) is 5.70. The van der Waals surface area contributed by atoms with Crippen molar-refractivity contribution in [3.63, 3.8) is 0 Å². The lowest BCUT2D eigenvalue weighted by atomic mass is 10.2. The van der Waals surface area contributed by atoms with Crippen LogP contribution in [0.2, 0.25) is 0 Å². The fourth-order valence-corrected chi connectivity index (χ4v) is 1.38. The van der Waals surface area contributed by atoms with E-state index in [-0.39, 0.29) is 0 Å². The number of pyridine rings is 1. The molecule has 0 aliphatic carbocycles. The molecule has 94 valence electrons. The van der Waals surface area contributed by atoms with Crippen LogP contribution in [0.3, 0.4) is 0 Å². The minimum Gasteiger partial charge on any atom is -0.489 e. The van der Waals surface area contributed by atoms with Gasteiger partial charge in [0.25, 0.3) is 0 Å². The van der Waals surface area contributed by atoms with Crippen LogP contribution < -0.4 is 10.1 Å². The molecule has 1 aromatic heterocycles. The molecule has 0 unspecified atom stereocenters. The Morgan fingerprint density at radius 1 is 1.47 bits per heavy atom. The first kappa shape index (κ1) is 13.7. The molecule has 0 saturated heterocycles. The second-order valence-electron chi connectivity index (χ2n) is 4.35. The van der Waals surface area contributed by atoms with Crippen LogP contribution in [-0.2, 0) is 6.54 Å². The predicted molar refractivity (Wildman–Crippen MR) is 71.3 cm³/mol. The van der Waals surface area contributed by atoms with Gasteiger partial charge in [-0.3, -0.25) is 4.98 Å². The molecule has 1 rings (SSSR count). The van der Waals surface area contributed by atoms with Crippen LogP contribution in [0, 0.1) is 6.92 Å². The number of aryl methyl sites for hydroxylation is 1. The number of ether oxygens (including phenoxy) is 1. The normalized spacial score (nSPS) is 11.4. The fourth-order valence-electron chi connectivity index (χ4n) is 1.38. The van der Waals surface area contributed by atoms with Crippen molar-refractivity contribution >= 4 is 0 Å². The van der Waals surface area contributed by atoms with Gasteiger partial charge in [-0.1, -0.05) is 26.0 Å². The minimum absolute atomic E-state index is 0.458. The molecule has 0 spiro atoms. The van der Waals surface area contributed by atoms with Crippen LogP contribution in [0.1, 0.15) is 32.0 Å². The number of hydrogen-bond acceptors (Lipinski definition) is 3. The maximum absolute atomic E-state index is 5.72. The first-order valence-corrected chi connectivity index (χ1v) is 6.06. The Bertz CT molecular complexity index is 372. The third kappa shape index (κ3) is 5.00. The Hall–Kier alpha value is -1.35. The van der Waals surface area contributed by atoms with E-state index in [9.17, 15) is 0 Å². The standard InChI is InChI=1S/C14H22N2O/c1-5-6-7-17-14-8-12(4)16-10-13(14)9-15-11(2)3/h5-6,8,10-11,15H,7,9H2,1-4H3/b6-5+. The zero-order valence-electron chi connectivity index (χ0n) is 11.2. The van der Waals surface area contributed by atoms with Gasteiger partial charge in [-0.25, -0.2) is 0 Å². The highest BCUT2D eigenvalue weighted by Crippen LogP contribution is 2.18. The highest BCUT2D eigenvalue weighted by atomic mass is 16.5. The Morgan fingerprint density at radius 3 is 2.88 bits per heavy atom. The lowest BCUT2D eigenvalue weighted by molar-refractivity contribution is 0.355. The number of nitrogens with one attached hydrogen (secondary N) is 1. The summed E-state index contributed by atoms with van der Waals surface area (Å²) < 4.78 is 5.72. The molecule has 1 aromatic rings. The van der Waals surface area contributed by atoms with Gasteiger partial charge in [-0.05, 0) is 13.8 Å². The largest absolute Gasteiger partial charge is 0.489 e. The molecule has 1 heterocycles.